The zero-order chi connectivity index (χ0) is 23.1. The Bertz CT molecular complexity index is 890. The van der Waals surface area contributed by atoms with Crippen LogP contribution in [0.4, 0.5) is 0 Å². The van der Waals surface area contributed by atoms with Crippen LogP contribution in [-0.4, -0.2) is 13.2 Å². The van der Waals surface area contributed by atoms with Crippen LogP contribution in [0.2, 0.25) is 0 Å². The molecule has 0 N–H and O–H groups in total. The summed E-state index contributed by atoms with van der Waals surface area (Å²) >= 11 is 0. The van der Waals surface area contributed by atoms with Gasteiger partial charge in [0.2, 0.25) is 0 Å². The molecule has 168 valence electrons. The minimum Gasteiger partial charge on any atom is -0.119 e. The first-order valence-corrected chi connectivity index (χ1v) is 12.3. The molecule has 2 aromatic rings. The second kappa shape index (κ2) is 11.2. The zero-order valence-corrected chi connectivity index (χ0v) is 21.1. The molecular weight excluding hydrogens is 403 g/mol. The lowest BCUT2D eigenvalue weighted by molar-refractivity contribution is 0.243. The molecular formula is C27H38O3P+. The van der Waals surface area contributed by atoms with E-state index in [1.165, 1.54) is 40.7 Å². The Morgan fingerprint density at radius 3 is 2.00 bits per heavy atom. The van der Waals surface area contributed by atoms with Gasteiger partial charge in [0.05, 0.1) is 0 Å². The highest BCUT2D eigenvalue weighted by Gasteiger charge is 2.36. The zero-order valence-electron chi connectivity index (χ0n) is 20.2. The molecule has 0 saturated heterocycles. The molecule has 0 fully saturated rings. The molecule has 0 aromatic heterocycles. The van der Waals surface area contributed by atoms with E-state index in [1.807, 2.05) is 0 Å². The summed E-state index contributed by atoms with van der Waals surface area (Å²) in [6.45, 7) is 16.2. The highest BCUT2D eigenvalue weighted by Crippen LogP contribution is 2.46. The number of benzene rings is 2. The van der Waals surface area contributed by atoms with Crippen molar-refractivity contribution in [2.75, 3.05) is 13.2 Å². The Hall–Kier alpha value is -1.80. The largest absolute Gasteiger partial charge is 0.697 e. The standard InChI is InChI=1S/C23H28.C4H10O3P/c1-17(15-18-9-7-6-8-10-18)19-11-12-20-21(16-19)23(4,5)14-13-22(20,2)3;1-3-6-8(5)7-4-2/h6-12,15-16H,13-14H2,1-5H3;3-4H2,1-2H3/q;+1/b17-15+;. The topological polar surface area (TPSA) is 35.5 Å². The van der Waals surface area contributed by atoms with Crippen LogP contribution in [0.1, 0.15) is 83.6 Å². The summed E-state index contributed by atoms with van der Waals surface area (Å²) in [6, 6.07) is 17.7. The lowest BCUT2D eigenvalue weighted by Gasteiger charge is -2.42. The van der Waals surface area contributed by atoms with E-state index in [1.54, 1.807) is 13.8 Å². The number of fused-ring (bicyclic) bond motifs is 1. The molecule has 0 amide bonds. The highest BCUT2D eigenvalue weighted by molar-refractivity contribution is 7.33. The minimum atomic E-state index is -1.83. The second-order valence-corrected chi connectivity index (χ2v) is 10.3. The van der Waals surface area contributed by atoms with Crippen molar-refractivity contribution < 1.29 is 13.6 Å². The van der Waals surface area contributed by atoms with Crippen LogP contribution >= 0.6 is 8.25 Å². The van der Waals surface area contributed by atoms with E-state index in [2.05, 4.69) is 98.3 Å². The van der Waals surface area contributed by atoms with Crippen molar-refractivity contribution in [1.29, 1.82) is 0 Å². The van der Waals surface area contributed by atoms with E-state index in [4.69, 9.17) is 0 Å². The van der Waals surface area contributed by atoms with Crippen LogP contribution in [0.3, 0.4) is 0 Å². The Labute approximate surface area is 189 Å². The fourth-order valence-electron chi connectivity index (χ4n) is 3.96. The lowest BCUT2D eigenvalue weighted by atomic mass is 9.63. The third-order valence-corrected chi connectivity index (χ3v) is 6.90. The summed E-state index contributed by atoms with van der Waals surface area (Å²) in [5.41, 5.74) is 7.57. The van der Waals surface area contributed by atoms with E-state index < -0.39 is 8.25 Å². The van der Waals surface area contributed by atoms with Crippen molar-refractivity contribution >= 4 is 19.9 Å². The molecule has 0 heterocycles. The van der Waals surface area contributed by atoms with Crippen LogP contribution in [0.5, 0.6) is 0 Å². The average Bonchev–Trinajstić information content (AvgIpc) is 2.73. The quantitative estimate of drug-likeness (QED) is 0.334. The summed E-state index contributed by atoms with van der Waals surface area (Å²) in [5, 5.41) is 0. The predicted molar refractivity (Wildman–Crippen MR) is 133 cm³/mol. The first kappa shape index (κ1) is 25.5. The van der Waals surface area contributed by atoms with E-state index in [0.717, 1.165) is 0 Å². The monoisotopic (exact) mass is 441 g/mol. The van der Waals surface area contributed by atoms with Crippen molar-refractivity contribution in [3.8, 4) is 0 Å². The van der Waals surface area contributed by atoms with E-state index in [9.17, 15) is 4.57 Å². The van der Waals surface area contributed by atoms with E-state index >= 15 is 0 Å². The molecule has 1 aliphatic carbocycles. The van der Waals surface area contributed by atoms with E-state index in [-0.39, 0.29) is 5.41 Å². The molecule has 31 heavy (non-hydrogen) atoms. The smallest absolute Gasteiger partial charge is 0.119 e. The molecule has 0 saturated carbocycles. The summed E-state index contributed by atoms with van der Waals surface area (Å²) in [7, 11) is -1.83. The van der Waals surface area contributed by atoms with Crippen molar-refractivity contribution in [2.24, 2.45) is 0 Å². The minimum absolute atomic E-state index is 0.272. The van der Waals surface area contributed by atoms with Gasteiger partial charge in [-0.15, -0.1) is 9.05 Å². The first-order valence-electron chi connectivity index (χ1n) is 11.2. The van der Waals surface area contributed by atoms with Gasteiger partial charge >= 0.3 is 8.25 Å². The van der Waals surface area contributed by atoms with Gasteiger partial charge < -0.3 is 0 Å². The number of hydrogen-bond donors (Lipinski definition) is 0. The van der Waals surface area contributed by atoms with Crippen LogP contribution in [0.15, 0.2) is 48.5 Å². The van der Waals surface area contributed by atoms with Gasteiger partial charge in [-0.2, -0.15) is 0 Å². The molecule has 0 radical (unpaired) electrons. The van der Waals surface area contributed by atoms with Crippen LogP contribution in [0, 0.1) is 0 Å². The molecule has 0 unspecified atom stereocenters. The van der Waals surface area contributed by atoms with Crippen molar-refractivity contribution in [2.45, 2.75) is 72.1 Å². The Morgan fingerprint density at radius 2 is 1.45 bits per heavy atom. The van der Waals surface area contributed by atoms with Gasteiger partial charge in [-0.1, -0.05) is 82.3 Å². The molecule has 3 nitrogen and oxygen atoms in total. The molecule has 3 rings (SSSR count). The van der Waals surface area contributed by atoms with Crippen molar-refractivity contribution in [3.63, 3.8) is 0 Å². The molecule has 0 bridgehead atoms. The van der Waals surface area contributed by atoms with Crippen molar-refractivity contribution in [3.05, 3.63) is 70.8 Å². The maximum Gasteiger partial charge on any atom is 0.697 e. The second-order valence-electron chi connectivity index (χ2n) is 9.33. The molecule has 1 aliphatic rings. The van der Waals surface area contributed by atoms with E-state index in [0.29, 0.717) is 18.6 Å². The van der Waals surface area contributed by atoms with Crippen LogP contribution < -0.4 is 0 Å². The normalized spacial score (nSPS) is 16.7. The maximum atomic E-state index is 10.3. The summed E-state index contributed by atoms with van der Waals surface area (Å²) in [6.07, 6.45) is 4.81. The third-order valence-electron chi connectivity index (χ3n) is 5.96. The Kier molecular flexibility index (Phi) is 9.18. The SMILES string of the molecule is C/C(=C\c1ccccc1)c1ccc2c(c1)C(C)(C)CCC2(C)C.CCO[P+](=O)OCC. The predicted octanol–water partition coefficient (Wildman–Crippen LogP) is 8.31. The number of rotatable bonds is 6. The average molecular weight is 442 g/mol. The van der Waals surface area contributed by atoms with Gasteiger partial charge in [0, 0.05) is 4.57 Å². The number of allylic oxidation sites excluding steroid dienone is 1. The first-order chi connectivity index (χ1) is 14.6. The summed E-state index contributed by atoms with van der Waals surface area (Å²) in [5.74, 6) is 0. The van der Waals surface area contributed by atoms with Gasteiger partial charge in [0.25, 0.3) is 0 Å². The Morgan fingerprint density at radius 1 is 0.903 bits per heavy atom. The molecule has 0 spiro atoms. The van der Waals surface area contributed by atoms with Crippen LogP contribution in [0.25, 0.3) is 11.6 Å². The van der Waals surface area contributed by atoms with Gasteiger partial charge in [-0.3, -0.25) is 0 Å². The fourth-order valence-corrected chi connectivity index (χ4v) is 4.46. The van der Waals surface area contributed by atoms with Gasteiger partial charge in [0.15, 0.2) is 0 Å². The fraction of sp³-hybridized carbons (Fsp3) is 0.481. The molecule has 0 aliphatic heterocycles. The van der Waals surface area contributed by atoms with Gasteiger partial charge in [-0.05, 0) is 72.3 Å². The molecule has 4 heteroatoms. The maximum absolute atomic E-state index is 10.3. The molecule has 0 atom stereocenters. The third kappa shape index (κ3) is 7.10. The number of hydrogen-bond acceptors (Lipinski definition) is 3. The van der Waals surface area contributed by atoms with Crippen molar-refractivity contribution in [1.82, 2.24) is 0 Å². The summed E-state index contributed by atoms with van der Waals surface area (Å²) < 4.78 is 19.5. The summed E-state index contributed by atoms with van der Waals surface area (Å²) in [4.78, 5) is 0. The lowest BCUT2D eigenvalue weighted by Crippen LogP contribution is -2.33. The van der Waals surface area contributed by atoms with Gasteiger partial charge in [-0.25, -0.2) is 0 Å². The van der Waals surface area contributed by atoms with Gasteiger partial charge in [0.1, 0.15) is 13.2 Å². The molecule has 2 aromatic carbocycles. The Balaban J connectivity index is 0.000000366. The van der Waals surface area contributed by atoms with Crippen LogP contribution in [-0.2, 0) is 24.4 Å². The highest BCUT2D eigenvalue weighted by atomic mass is 31.1.